The molecule has 3 fully saturated rings. The molecule has 2 aromatic carbocycles. The van der Waals surface area contributed by atoms with Crippen molar-refractivity contribution in [2.24, 2.45) is 5.41 Å². The van der Waals surface area contributed by atoms with E-state index in [1.54, 1.807) is 12.3 Å². The van der Waals surface area contributed by atoms with Gasteiger partial charge in [0.05, 0.1) is 5.02 Å². The van der Waals surface area contributed by atoms with Crippen molar-refractivity contribution in [3.63, 3.8) is 0 Å². The molecule has 0 saturated heterocycles. The van der Waals surface area contributed by atoms with E-state index in [1.807, 2.05) is 36.4 Å². The zero-order valence-corrected chi connectivity index (χ0v) is 18.6. The highest BCUT2D eigenvalue weighted by Gasteiger charge is 2.68. The summed E-state index contributed by atoms with van der Waals surface area (Å²) in [5, 5.41) is 3.11. The fraction of sp³-hybridized carbons (Fsp3) is 0.269. The van der Waals surface area contributed by atoms with Crippen LogP contribution in [0.1, 0.15) is 36.2 Å². The number of nitrogens with zero attached hydrogens (tertiary/aromatic N) is 1. The third-order valence-corrected chi connectivity index (χ3v) is 6.79. The van der Waals surface area contributed by atoms with Gasteiger partial charge in [0.2, 0.25) is 0 Å². The summed E-state index contributed by atoms with van der Waals surface area (Å²) in [6, 6.07) is 17.6. The Hall–Kier alpha value is -3.25. The molecule has 3 aromatic rings. The highest BCUT2D eigenvalue weighted by Crippen LogP contribution is 2.69. The first-order valence-corrected chi connectivity index (χ1v) is 11.2. The van der Waals surface area contributed by atoms with Gasteiger partial charge in [-0.1, -0.05) is 48.0 Å². The summed E-state index contributed by atoms with van der Waals surface area (Å²) in [5.41, 5.74) is 2.08. The molecule has 5 nitrogen and oxygen atoms in total. The lowest BCUT2D eigenvalue weighted by molar-refractivity contribution is -0.162. The lowest BCUT2D eigenvalue weighted by Gasteiger charge is -2.70. The highest BCUT2D eigenvalue weighted by atomic mass is 35.5. The third-order valence-electron chi connectivity index (χ3n) is 6.49. The molecule has 2 bridgehead atoms. The monoisotopic (exact) mass is 464 g/mol. The lowest BCUT2D eigenvalue weighted by atomic mass is 9.38. The van der Waals surface area contributed by atoms with E-state index in [2.05, 4.69) is 10.3 Å². The fourth-order valence-corrected chi connectivity index (χ4v) is 5.27. The standard InChI is InChI=1S/C26H22ClFN2O3/c27-21-8-7-20(10-22(21)28)33-13-19(31)11-25-14-26(15-25,16-25)30-24(32)23-9-6-18(12-29-23)17-4-2-1-3-5-17/h1-10,12H,11,13-16H2,(H,30,32). The molecular formula is C26H22ClFN2O3. The molecule has 0 spiro atoms. The molecule has 1 N–H and O–H groups in total. The van der Waals surface area contributed by atoms with Crippen LogP contribution in [-0.2, 0) is 4.79 Å². The number of carbonyl (C=O) groups excluding carboxylic acids is 2. The van der Waals surface area contributed by atoms with Crippen LogP contribution in [0.3, 0.4) is 0 Å². The number of benzene rings is 2. The van der Waals surface area contributed by atoms with Crippen molar-refractivity contribution in [2.45, 2.75) is 31.2 Å². The van der Waals surface area contributed by atoms with Gasteiger partial charge >= 0.3 is 0 Å². The zero-order valence-electron chi connectivity index (χ0n) is 17.8. The maximum Gasteiger partial charge on any atom is 0.270 e. The normalized spacial score (nSPS) is 22.6. The summed E-state index contributed by atoms with van der Waals surface area (Å²) in [7, 11) is 0. The predicted octanol–water partition coefficient (Wildman–Crippen LogP) is 5.23. The Morgan fingerprint density at radius 3 is 2.45 bits per heavy atom. The van der Waals surface area contributed by atoms with Crippen molar-refractivity contribution in [1.82, 2.24) is 10.3 Å². The van der Waals surface area contributed by atoms with Gasteiger partial charge in [-0.3, -0.25) is 14.6 Å². The van der Waals surface area contributed by atoms with E-state index in [0.717, 1.165) is 30.4 Å². The maximum atomic E-state index is 13.5. The number of carbonyl (C=O) groups is 2. The number of ether oxygens (including phenoxy) is 1. The zero-order chi connectivity index (χ0) is 23.1. The van der Waals surface area contributed by atoms with Crippen molar-refractivity contribution in [3.05, 3.63) is 83.4 Å². The van der Waals surface area contributed by atoms with Gasteiger partial charge in [-0.2, -0.15) is 0 Å². The largest absolute Gasteiger partial charge is 0.486 e. The van der Waals surface area contributed by atoms with Crippen LogP contribution in [0.15, 0.2) is 66.9 Å². The van der Waals surface area contributed by atoms with Crippen LogP contribution in [0.25, 0.3) is 11.1 Å². The number of ketones is 1. The molecule has 3 saturated carbocycles. The second-order valence-electron chi connectivity index (χ2n) is 9.14. The number of hydrogen-bond donors (Lipinski definition) is 1. The first-order valence-electron chi connectivity index (χ1n) is 10.8. The number of Topliss-reactive ketones (excluding diaryl/α,β-unsaturated/α-hetero) is 1. The minimum absolute atomic E-state index is 0.0113. The topological polar surface area (TPSA) is 68.3 Å². The molecular weight excluding hydrogens is 443 g/mol. The van der Waals surface area contributed by atoms with E-state index in [-0.39, 0.29) is 40.0 Å². The molecule has 0 radical (unpaired) electrons. The first-order chi connectivity index (χ1) is 15.9. The number of pyridine rings is 1. The SMILES string of the molecule is O=C(COc1ccc(Cl)c(F)c1)CC12CC(NC(=O)c3ccc(-c4ccccc4)cn3)(C1)C2. The summed E-state index contributed by atoms with van der Waals surface area (Å²) in [4.78, 5) is 29.3. The minimum Gasteiger partial charge on any atom is -0.486 e. The predicted molar refractivity (Wildman–Crippen MR) is 123 cm³/mol. The van der Waals surface area contributed by atoms with Crippen molar-refractivity contribution >= 4 is 23.3 Å². The number of hydrogen-bond acceptors (Lipinski definition) is 4. The summed E-state index contributed by atoms with van der Waals surface area (Å²) >= 11 is 5.65. The molecule has 0 atom stereocenters. The second kappa shape index (κ2) is 8.27. The van der Waals surface area contributed by atoms with E-state index >= 15 is 0 Å². The van der Waals surface area contributed by atoms with Gasteiger partial charge in [-0.05, 0) is 48.4 Å². The van der Waals surface area contributed by atoms with Crippen molar-refractivity contribution in [3.8, 4) is 16.9 Å². The van der Waals surface area contributed by atoms with Crippen molar-refractivity contribution < 1.29 is 18.7 Å². The van der Waals surface area contributed by atoms with E-state index < -0.39 is 5.82 Å². The number of aromatic nitrogens is 1. The molecule has 7 heteroatoms. The molecule has 1 heterocycles. The molecule has 3 aliphatic rings. The van der Waals surface area contributed by atoms with Crippen LogP contribution >= 0.6 is 11.6 Å². The van der Waals surface area contributed by atoms with Gasteiger partial charge in [0, 0.05) is 29.8 Å². The Labute approximate surface area is 195 Å². The maximum absolute atomic E-state index is 13.5. The smallest absolute Gasteiger partial charge is 0.270 e. The van der Waals surface area contributed by atoms with Crippen LogP contribution in [0, 0.1) is 11.2 Å². The van der Waals surface area contributed by atoms with Gasteiger partial charge in [-0.15, -0.1) is 0 Å². The molecule has 168 valence electrons. The second-order valence-corrected chi connectivity index (χ2v) is 9.55. The van der Waals surface area contributed by atoms with Gasteiger partial charge in [0.15, 0.2) is 5.78 Å². The van der Waals surface area contributed by atoms with Gasteiger partial charge < -0.3 is 10.1 Å². The Balaban J connectivity index is 1.10. The van der Waals surface area contributed by atoms with Crippen molar-refractivity contribution in [1.29, 1.82) is 0 Å². The molecule has 33 heavy (non-hydrogen) atoms. The van der Waals surface area contributed by atoms with E-state index in [4.69, 9.17) is 16.3 Å². The molecule has 3 aliphatic carbocycles. The molecule has 1 amide bonds. The number of amides is 1. The molecule has 1 aromatic heterocycles. The van der Waals surface area contributed by atoms with E-state index in [0.29, 0.717) is 12.1 Å². The average molecular weight is 465 g/mol. The highest BCUT2D eigenvalue weighted by molar-refractivity contribution is 6.30. The minimum atomic E-state index is -0.581. The van der Waals surface area contributed by atoms with E-state index in [9.17, 15) is 14.0 Å². The lowest BCUT2D eigenvalue weighted by Crippen LogP contribution is -2.75. The Kier molecular flexibility index (Phi) is 5.41. The summed E-state index contributed by atoms with van der Waals surface area (Å²) in [5.74, 6) is -0.536. The van der Waals surface area contributed by atoms with Crippen LogP contribution in [0.5, 0.6) is 5.75 Å². The van der Waals surface area contributed by atoms with E-state index in [1.165, 1.54) is 18.2 Å². The summed E-state index contributed by atoms with van der Waals surface area (Å²) in [6.45, 7) is -0.111. The number of rotatable bonds is 8. The van der Waals surface area contributed by atoms with Crippen LogP contribution in [0.4, 0.5) is 4.39 Å². The van der Waals surface area contributed by atoms with Crippen LogP contribution < -0.4 is 10.1 Å². The summed E-state index contributed by atoms with van der Waals surface area (Å²) < 4.78 is 18.9. The van der Waals surface area contributed by atoms with Crippen LogP contribution in [-0.4, -0.2) is 28.8 Å². The molecule has 6 rings (SSSR count). The van der Waals surface area contributed by atoms with Gasteiger partial charge in [0.1, 0.15) is 23.9 Å². The quantitative estimate of drug-likeness (QED) is 0.495. The van der Waals surface area contributed by atoms with Gasteiger partial charge in [-0.25, -0.2) is 4.39 Å². The summed E-state index contributed by atoms with van der Waals surface area (Å²) in [6.07, 6.45) is 4.42. The molecule has 0 unspecified atom stereocenters. The average Bonchev–Trinajstić information content (AvgIpc) is 2.78. The van der Waals surface area contributed by atoms with Crippen molar-refractivity contribution in [2.75, 3.05) is 6.61 Å². The van der Waals surface area contributed by atoms with Gasteiger partial charge in [0.25, 0.3) is 5.91 Å². The van der Waals surface area contributed by atoms with Crippen LogP contribution in [0.2, 0.25) is 5.02 Å². The molecule has 0 aliphatic heterocycles. The first kappa shape index (κ1) is 21.6. The number of halogens is 2. The Bertz CT molecular complexity index is 1190. The Morgan fingerprint density at radius 2 is 1.79 bits per heavy atom. The Morgan fingerprint density at radius 1 is 1.03 bits per heavy atom. The third kappa shape index (κ3) is 4.35. The fourth-order valence-electron chi connectivity index (χ4n) is 5.15. The number of nitrogens with one attached hydrogen (secondary N) is 1.